The van der Waals surface area contributed by atoms with Gasteiger partial charge in [-0.2, -0.15) is 12.6 Å². The average Bonchev–Trinajstić information content (AvgIpc) is 1.61. The largest absolute Gasteiger partial charge is 0.259 e. The maximum atomic E-state index is 9.44. The third kappa shape index (κ3) is 5.49. The van der Waals surface area contributed by atoms with Crippen LogP contribution in [0.15, 0.2) is 12.3 Å². The van der Waals surface area contributed by atoms with Crippen LogP contribution in [0.4, 0.5) is 0 Å². The molecule has 4 heteroatoms. The molecule has 0 aliphatic rings. The van der Waals surface area contributed by atoms with Gasteiger partial charge in [0, 0.05) is 5.75 Å². The molecule has 0 bridgehead atoms. The Kier molecular flexibility index (Phi) is 3.40. The number of hydrogen-bond acceptors (Lipinski definition) is 3. The van der Waals surface area contributed by atoms with Gasteiger partial charge in [-0.15, -0.1) is 0 Å². The molecule has 0 atom stereocenters. The number of nitro groups is 1. The predicted octanol–water partition coefficient (Wildman–Crippen LogP) is 0.707. The Morgan fingerprint density at radius 1 is 1.86 bits per heavy atom. The van der Waals surface area contributed by atoms with E-state index in [2.05, 4.69) is 12.6 Å². The minimum absolute atomic E-state index is 0.418. The van der Waals surface area contributed by atoms with Crippen molar-refractivity contribution in [2.24, 2.45) is 0 Å². The summed E-state index contributed by atoms with van der Waals surface area (Å²) in [6.45, 7) is 0. The Morgan fingerprint density at radius 3 is 2.57 bits per heavy atom. The monoisotopic (exact) mass is 119 g/mol. The highest BCUT2D eigenvalue weighted by Crippen LogP contribution is 1.76. The fourth-order valence-electron chi connectivity index (χ4n) is 0.133. The van der Waals surface area contributed by atoms with Crippen molar-refractivity contribution in [3.05, 3.63) is 22.4 Å². The van der Waals surface area contributed by atoms with Crippen LogP contribution in [0.2, 0.25) is 0 Å². The smallest absolute Gasteiger partial charge is 0.231 e. The molecule has 0 spiro atoms. The molecule has 0 radical (unpaired) electrons. The molecule has 0 fully saturated rings. The highest BCUT2D eigenvalue weighted by atomic mass is 32.1. The number of nitrogens with zero attached hydrogens (tertiary/aromatic N) is 1. The van der Waals surface area contributed by atoms with Crippen LogP contribution in [-0.4, -0.2) is 10.7 Å². The van der Waals surface area contributed by atoms with Gasteiger partial charge in [-0.3, -0.25) is 10.1 Å². The molecule has 0 heterocycles. The Hall–Kier alpha value is -0.510. The maximum Gasteiger partial charge on any atom is 0.231 e. The molecular weight excluding hydrogens is 114 g/mol. The molecule has 0 unspecified atom stereocenters. The van der Waals surface area contributed by atoms with E-state index in [9.17, 15) is 10.1 Å². The Balaban J connectivity index is 3.26. The zero-order valence-electron chi connectivity index (χ0n) is 3.57. The van der Waals surface area contributed by atoms with Gasteiger partial charge in [-0.1, -0.05) is 0 Å². The van der Waals surface area contributed by atoms with Crippen LogP contribution in [0.25, 0.3) is 0 Å². The first-order valence-electron chi connectivity index (χ1n) is 1.68. The molecule has 3 nitrogen and oxygen atoms in total. The quantitative estimate of drug-likeness (QED) is 0.330. The zero-order valence-corrected chi connectivity index (χ0v) is 4.47. The van der Waals surface area contributed by atoms with Gasteiger partial charge in [0.15, 0.2) is 0 Å². The molecule has 0 N–H and O–H groups in total. The van der Waals surface area contributed by atoms with E-state index >= 15 is 0 Å². The van der Waals surface area contributed by atoms with E-state index in [4.69, 9.17) is 0 Å². The first-order chi connectivity index (χ1) is 3.27. The molecule has 0 aromatic heterocycles. The summed E-state index contributed by atoms with van der Waals surface area (Å²) >= 11 is 3.70. The van der Waals surface area contributed by atoms with Gasteiger partial charge in [-0.05, 0) is 6.08 Å². The predicted molar refractivity (Wildman–Crippen MR) is 30.0 cm³/mol. The topological polar surface area (TPSA) is 43.1 Å². The third-order valence-electron chi connectivity index (χ3n) is 0.333. The maximum absolute atomic E-state index is 9.44. The van der Waals surface area contributed by atoms with E-state index in [1.807, 2.05) is 0 Å². The van der Waals surface area contributed by atoms with Crippen LogP contribution in [0.1, 0.15) is 0 Å². The summed E-state index contributed by atoms with van der Waals surface area (Å²) in [5.74, 6) is 0.418. The SMILES string of the molecule is O=[N+]([O-])/C=C/CS. The second kappa shape index (κ2) is 3.67. The molecule has 0 aromatic carbocycles. The van der Waals surface area contributed by atoms with Gasteiger partial charge >= 0.3 is 0 Å². The van der Waals surface area contributed by atoms with E-state index in [1.54, 1.807) is 0 Å². The third-order valence-corrected chi connectivity index (χ3v) is 0.543. The van der Waals surface area contributed by atoms with Crippen LogP contribution in [0, 0.1) is 10.1 Å². The highest BCUT2D eigenvalue weighted by molar-refractivity contribution is 7.80. The van der Waals surface area contributed by atoms with Crippen LogP contribution in [0.5, 0.6) is 0 Å². The minimum atomic E-state index is -0.518. The lowest BCUT2D eigenvalue weighted by atomic mass is 10.7. The fraction of sp³-hybridized carbons (Fsp3) is 0.333. The molecule has 0 saturated carbocycles. The first-order valence-corrected chi connectivity index (χ1v) is 2.31. The van der Waals surface area contributed by atoms with Gasteiger partial charge in [0.25, 0.3) is 0 Å². The van der Waals surface area contributed by atoms with Crippen LogP contribution < -0.4 is 0 Å². The fourth-order valence-corrected chi connectivity index (χ4v) is 0.227. The van der Waals surface area contributed by atoms with Gasteiger partial charge < -0.3 is 0 Å². The summed E-state index contributed by atoms with van der Waals surface area (Å²) in [4.78, 5) is 8.93. The second-order valence-electron chi connectivity index (χ2n) is 0.853. The highest BCUT2D eigenvalue weighted by Gasteiger charge is 1.77. The number of rotatable bonds is 2. The summed E-state index contributed by atoms with van der Waals surface area (Å²) in [5, 5.41) is 9.44. The minimum Gasteiger partial charge on any atom is -0.259 e. The first kappa shape index (κ1) is 6.49. The summed E-state index contributed by atoms with van der Waals surface area (Å²) in [5.41, 5.74) is 0. The average molecular weight is 119 g/mol. The van der Waals surface area contributed by atoms with E-state index < -0.39 is 4.92 Å². The lowest BCUT2D eigenvalue weighted by Crippen LogP contribution is -1.81. The van der Waals surface area contributed by atoms with Crippen molar-refractivity contribution in [2.45, 2.75) is 0 Å². The summed E-state index contributed by atoms with van der Waals surface area (Å²) in [6, 6.07) is 0. The van der Waals surface area contributed by atoms with Crippen LogP contribution >= 0.6 is 12.6 Å². The summed E-state index contributed by atoms with van der Waals surface area (Å²) in [7, 11) is 0. The molecule has 0 saturated heterocycles. The standard InChI is InChI=1S/C3H5NO2S/c5-4(6)2-1-3-7/h1-2,7H,3H2/b2-1+. The Labute approximate surface area is 46.6 Å². The molecule has 0 aliphatic carbocycles. The van der Waals surface area contributed by atoms with Crippen molar-refractivity contribution < 1.29 is 4.92 Å². The molecule has 0 amide bonds. The van der Waals surface area contributed by atoms with Crippen LogP contribution in [0.3, 0.4) is 0 Å². The molecule has 7 heavy (non-hydrogen) atoms. The molecular formula is C3H5NO2S. The molecule has 40 valence electrons. The molecule has 0 aromatic rings. The van der Waals surface area contributed by atoms with Gasteiger partial charge in [0.05, 0.1) is 4.92 Å². The van der Waals surface area contributed by atoms with E-state index in [-0.39, 0.29) is 0 Å². The normalized spacial score (nSPS) is 9.86. The van der Waals surface area contributed by atoms with Gasteiger partial charge in [-0.25, -0.2) is 0 Å². The van der Waals surface area contributed by atoms with Crippen molar-refractivity contribution in [1.82, 2.24) is 0 Å². The molecule has 0 aliphatic heterocycles. The van der Waals surface area contributed by atoms with E-state index in [0.717, 1.165) is 6.20 Å². The van der Waals surface area contributed by atoms with E-state index in [1.165, 1.54) is 6.08 Å². The lowest BCUT2D eigenvalue weighted by Gasteiger charge is -1.72. The van der Waals surface area contributed by atoms with Crippen molar-refractivity contribution in [1.29, 1.82) is 0 Å². The van der Waals surface area contributed by atoms with Crippen molar-refractivity contribution in [3.8, 4) is 0 Å². The number of thiol groups is 1. The van der Waals surface area contributed by atoms with Crippen molar-refractivity contribution in [2.75, 3.05) is 5.75 Å². The second-order valence-corrected chi connectivity index (χ2v) is 1.22. The summed E-state index contributed by atoms with van der Waals surface area (Å²) < 4.78 is 0. The van der Waals surface area contributed by atoms with Crippen molar-refractivity contribution >= 4 is 12.6 Å². The van der Waals surface area contributed by atoms with E-state index in [0.29, 0.717) is 5.75 Å². The van der Waals surface area contributed by atoms with Crippen LogP contribution in [-0.2, 0) is 0 Å². The Bertz CT molecular complexity index is 90.9. The molecule has 0 rings (SSSR count). The van der Waals surface area contributed by atoms with Gasteiger partial charge in [0.1, 0.15) is 0 Å². The number of hydrogen-bond donors (Lipinski definition) is 1. The van der Waals surface area contributed by atoms with Crippen molar-refractivity contribution in [3.63, 3.8) is 0 Å². The van der Waals surface area contributed by atoms with Gasteiger partial charge in [0.2, 0.25) is 6.20 Å². The lowest BCUT2D eigenvalue weighted by molar-refractivity contribution is -0.402. The summed E-state index contributed by atoms with van der Waals surface area (Å²) in [6.07, 6.45) is 2.23. The Morgan fingerprint density at radius 2 is 2.43 bits per heavy atom. The zero-order chi connectivity index (χ0) is 5.70.